The normalized spacial score (nSPS) is 12.5. The highest BCUT2D eigenvalue weighted by atomic mass is 127. The van der Waals surface area contributed by atoms with Crippen molar-refractivity contribution >= 4 is 29.9 Å². The Kier molecular flexibility index (Phi) is 10.7. The average Bonchev–Trinajstić information content (AvgIpc) is 3.20. The molecule has 1 heterocycles. The molecule has 1 aliphatic rings. The summed E-state index contributed by atoms with van der Waals surface area (Å²) >= 11 is 0. The summed E-state index contributed by atoms with van der Waals surface area (Å²) in [5.74, 6) is 3.32. The van der Waals surface area contributed by atoms with Crippen molar-refractivity contribution in [3.8, 4) is 17.2 Å². The van der Waals surface area contributed by atoms with Crippen LogP contribution in [0.2, 0.25) is 0 Å². The Balaban J connectivity index is 0.00000341. The Morgan fingerprint density at radius 3 is 2.71 bits per heavy atom. The molecule has 7 nitrogen and oxygen atoms in total. The van der Waals surface area contributed by atoms with Gasteiger partial charge in [0.15, 0.2) is 17.5 Å². The van der Waals surface area contributed by atoms with Crippen molar-refractivity contribution < 1.29 is 14.2 Å². The van der Waals surface area contributed by atoms with E-state index in [0.29, 0.717) is 19.9 Å². The molecule has 0 spiro atoms. The largest absolute Gasteiger partial charge is 0.492 e. The van der Waals surface area contributed by atoms with Gasteiger partial charge in [-0.15, -0.1) is 24.0 Å². The summed E-state index contributed by atoms with van der Waals surface area (Å²) < 4.78 is 16.6. The van der Waals surface area contributed by atoms with Crippen LogP contribution >= 0.6 is 24.0 Å². The fourth-order valence-electron chi connectivity index (χ4n) is 3.01. The lowest BCUT2D eigenvalue weighted by Gasteiger charge is -2.13. The van der Waals surface area contributed by atoms with Crippen LogP contribution in [0, 0.1) is 0 Å². The number of hydrogen-bond acceptors (Lipinski definition) is 5. The van der Waals surface area contributed by atoms with Crippen LogP contribution in [-0.4, -0.2) is 58.0 Å². The van der Waals surface area contributed by atoms with Gasteiger partial charge in [0.05, 0.1) is 6.54 Å². The summed E-state index contributed by atoms with van der Waals surface area (Å²) in [7, 11) is 4.08. The number of ether oxygens (including phenoxy) is 3. The molecule has 0 aliphatic carbocycles. The van der Waals surface area contributed by atoms with Crippen LogP contribution in [-0.2, 0) is 13.0 Å². The van der Waals surface area contributed by atoms with Gasteiger partial charge in [0.1, 0.15) is 12.4 Å². The first-order valence-corrected chi connectivity index (χ1v) is 10.4. The number of likely N-dealkylation sites (N-methyl/N-ethyl adjacent to an activating group) is 1. The smallest absolute Gasteiger partial charge is 0.231 e. The lowest BCUT2D eigenvalue weighted by atomic mass is 10.1. The van der Waals surface area contributed by atoms with Crippen LogP contribution in [0.3, 0.4) is 0 Å². The number of halogens is 1. The molecule has 3 rings (SSSR count). The van der Waals surface area contributed by atoms with Crippen molar-refractivity contribution in [2.24, 2.45) is 4.99 Å². The molecule has 2 aromatic carbocycles. The van der Waals surface area contributed by atoms with Crippen LogP contribution in [0.5, 0.6) is 17.2 Å². The quantitative estimate of drug-likeness (QED) is 0.274. The molecule has 31 heavy (non-hydrogen) atoms. The minimum absolute atomic E-state index is 0. The summed E-state index contributed by atoms with van der Waals surface area (Å²) in [5.41, 5.74) is 2.32. The Morgan fingerprint density at radius 2 is 1.90 bits per heavy atom. The fraction of sp³-hybridized carbons (Fsp3) is 0.435. The Morgan fingerprint density at radius 1 is 1.06 bits per heavy atom. The van der Waals surface area contributed by atoms with Gasteiger partial charge in [0, 0.05) is 19.6 Å². The van der Waals surface area contributed by atoms with Gasteiger partial charge < -0.3 is 29.7 Å². The van der Waals surface area contributed by atoms with Crippen molar-refractivity contribution in [1.82, 2.24) is 15.5 Å². The zero-order chi connectivity index (χ0) is 21.2. The molecule has 0 saturated heterocycles. The van der Waals surface area contributed by atoms with E-state index < -0.39 is 0 Å². The Hall–Kier alpha value is -2.20. The van der Waals surface area contributed by atoms with E-state index in [0.717, 1.165) is 54.8 Å². The number of nitrogens with zero attached hydrogens (tertiary/aromatic N) is 2. The number of benzene rings is 2. The van der Waals surface area contributed by atoms with Gasteiger partial charge in [0.25, 0.3) is 0 Å². The summed E-state index contributed by atoms with van der Waals surface area (Å²) in [6, 6.07) is 14.2. The Labute approximate surface area is 202 Å². The Bertz CT molecular complexity index is 845. The maximum Gasteiger partial charge on any atom is 0.231 e. The predicted octanol–water partition coefficient (Wildman–Crippen LogP) is 3.27. The third-order valence-electron chi connectivity index (χ3n) is 4.61. The molecule has 8 heteroatoms. The second-order valence-corrected chi connectivity index (χ2v) is 7.36. The third-order valence-corrected chi connectivity index (χ3v) is 4.61. The van der Waals surface area contributed by atoms with E-state index in [1.54, 1.807) is 0 Å². The first-order valence-electron chi connectivity index (χ1n) is 10.4. The van der Waals surface area contributed by atoms with E-state index in [9.17, 15) is 0 Å². The van der Waals surface area contributed by atoms with Crippen LogP contribution < -0.4 is 24.8 Å². The molecule has 0 radical (unpaired) electrons. The highest BCUT2D eigenvalue weighted by Crippen LogP contribution is 2.32. The SMILES string of the molecule is CCNC(=NCc1cccc(OCCN(C)C)c1)NCCc1ccc2c(c1)OCO2.I. The van der Waals surface area contributed by atoms with Gasteiger partial charge in [-0.3, -0.25) is 0 Å². The maximum absolute atomic E-state index is 5.82. The zero-order valence-electron chi connectivity index (χ0n) is 18.5. The third kappa shape index (κ3) is 8.45. The maximum atomic E-state index is 5.82. The molecule has 0 saturated carbocycles. The van der Waals surface area contributed by atoms with Crippen molar-refractivity contribution in [2.75, 3.05) is 47.1 Å². The lowest BCUT2D eigenvalue weighted by Crippen LogP contribution is -2.38. The number of fused-ring (bicyclic) bond motifs is 1. The second kappa shape index (κ2) is 13.3. The molecule has 170 valence electrons. The van der Waals surface area contributed by atoms with Gasteiger partial charge in [-0.25, -0.2) is 4.99 Å². The van der Waals surface area contributed by atoms with Gasteiger partial charge in [0.2, 0.25) is 6.79 Å². The minimum Gasteiger partial charge on any atom is -0.492 e. The molecule has 0 bridgehead atoms. The van der Waals surface area contributed by atoms with E-state index in [2.05, 4.69) is 40.7 Å². The molecule has 0 unspecified atom stereocenters. The molecule has 0 aromatic heterocycles. The molecule has 1 aliphatic heterocycles. The van der Waals surface area contributed by atoms with Gasteiger partial charge in [-0.05, 0) is 62.8 Å². The minimum atomic E-state index is 0. The highest BCUT2D eigenvalue weighted by Gasteiger charge is 2.13. The number of rotatable bonds is 10. The van der Waals surface area contributed by atoms with Gasteiger partial charge in [-0.1, -0.05) is 18.2 Å². The van der Waals surface area contributed by atoms with E-state index in [1.165, 1.54) is 5.56 Å². The number of aliphatic imine (C=N–C) groups is 1. The molecular weight excluding hydrogens is 507 g/mol. The second-order valence-electron chi connectivity index (χ2n) is 7.36. The fourth-order valence-corrected chi connectivity index (χ4v) is 3.01. The van der Waals surface area contributed by atoms with E-state index in [-0.39, 0.29) is 24.0 Å². The zero-order valence-corrected chi connectivity index (χ0v) is 20.8. The lowest BCUT2D eigenvalue weighted by molar-refractivity contribution is 0.174. The van der Waals surface area contributed by atoms with E-state index in [1.807, 2.05) is 38.4 Å². The monoisotopic (exact) mass is 540 g/mol. The van der Waals surface area contributed by atoms with Crippen molar-refractivity contribution in [3.05, 3.63) is 53.6 Å². The first-order chi connectivity index (χ1) is 14.6. The summed E-state index contributed by atoms with van der Waals surface area (Å²) in [5, 5.41) is 6.70. The number of hydrogen-bond donors (Lipinski definition) is 2. The van der Waals surface area contributed by atoms with Gasteiger partial charge >= 0.3 is 0 Å². The highest BCUT2D eigenvalue weighted by molar-refractivity contribution is 14.0. The van der Waals surface area contributed by atoms with Gasteiger partial charge in [-0.2, -0.15) is 0 Å². The molecular formula is C23H33IN4O3. The molecule has 2 aromatic rings. The molecule has 0 atom stereocenters. The summed E-state index contributed by atoms with van der Waals surface area (Å²) in [6.07, 6.45) is 0.871. The van der Waals surface area contributed by atoms with Crippen LogP contribution in [0.15, 0.2) is 47.5 Å². The summed E-state index contributed by atoms with van der Waals surface area (Å²) in [6.45, 7) is 6.10. The van der Waals surface area contributed by atoms with Crippen LogP contribution in [0.25, 0.3) is 0 Å². The topological polar surface area (TPSA) is 67.4 Å². The summed E-state index contributed by atoms with van der Waals surface area (Å²) in [4.78, 5) is 6.81. The van der Waals surface area contributed by atoms with Crippen molar-refractivity contribution in [3.63, 3.8) is 0 Å². The molecule has 0 fully saturated rings. The average molecular weight is 540 g/mol. The molecule has 0 amide bonds. The predicted molar refractivity (Wildman–Crippen MR) is 135 cm³/mol. The standard InChI is InChI=1S/C23H32N4O3.HI/c1-4-24-23(25-11-10-18-8-9-21-22(15-18)30-17-29-21)26-16-19-6-5-7-20(14-19)28-13-12-27(2)3;/h5-9,14-15H,4,10-13,16-17H2,1-3H3,(H2,24,25,26);1H. The van der Waals surface area contributed by atoms with E-state index >= 15 is 0 Å². The number of guanidine groups is 1. The van der Waals surface area contributed by atoms with Crippen molar-refractivity contribution in [2.45, 2.75) is 19.9 Å². The van der Waals surface area contributed by atoms with E-state index in [4.69, 9.17) is 19.2 Å². The molecule has 2 N–H and O–H groups in total. The first kappa shape index (κ1) is 25.1. The van der Waals surface area contributed by atoms with Crippen LogP contribution in [0.4, 0.5) is 0 Å². The number of nitrogens with one attached hydrogen (secondary N) is 2. The van der Waals surface area contributed by atoms with Crippen LogP contribution in [0.1, 0.15) is 18.1 Å². The van der Waals surface area contributed by atoms with Crippen molar-refractivity contribution in [1.29, 1.82) is 0 Å².